The molecule has 0 aliphatic heterocycles. The molecule has 3 nitrogen and oxygen atoms in total. The number of urea groups is 1. The largest absolute Gasteiger partial charge is 0.335 e. The maximum Gasteiger partial charge on any atom is 0.319 e. The normalized spacial score (nSPS) is 12.3. The van der Waals surface area contributed by atoms with Gasteiger partial charge in [0.1, 0.15) is 0 Å². The molecule has 1 atom stereocenters. The predicted octanol–water partition coefficient (Wildman–Crippen LogP) is 3.42. The molecule has 94 valence electrons. The van der Waals surface area contributed by atoms with E-state index in [1.165, 1.54) is 0 Å². The van der Waals surface area contributed by atoms with Crippen LogP contribution in [0.25, 0.3) is 0 Å². The molecule has 0 aromatic heterocycles. The number of rotatable bonds is 4. The van der Waals surface area contributed by atoms with E-state index in [0.29, 0.717) is 5.92 Å². The Labute approximate surface area is 104 Å². The average Bonchev–Trinajstić information content (AvgIpc) is 2.29. The summed E-state index contributed by atoms with van der Waals surface area (Å²) >= 11 is 0. The average molecular weight is 234 g/mol. The van der Waals surface area contributed by atoms with Crippen LogP contribution in [0.3, 0.4) is 0 Å². The van der Waals surface area contributed by atoms with E-state index in [2.05, 4.69) is 31.4 Å². The zero-order chi connectivity index (χ0) is 12.8. The van der Waals surface area contributed by atoms with Crippen molar-refractivity contribution in [3.05, 3.63) is 29.8 Å². The lowest BCUT2D eigenvalue weighted by Gasteiger charge is -2.18. The van der Waals surface area contributed by atoms with Gasteiger partial charge in [0.05, 0.1) is 0 Å². The fourth-order valence-electron chi connectivity index (χ4n) is 1.48. The summed E-state index contributed by atoms with van der Waals surface area (Å²) in [7, 11) is 0. The van der Waals surface area contributed by atoms with E-state index in [0.717, 1.165) is 17.7 Å². The summed E-state index contributed by atoms with van der Waals surface area (Å²) in [5.41, 5.74) is 2.04. The minimum absolute atomic E-state index is 0.132. The van der Waals surface area contributed by atoms with Crippen LogP contribution >= 0.6 is 0 Å². The standard InChI is InChI=1S/C14H22N2O/c1-5-12-8-6-7-9-13(12)16-14(17)15-11(4)10(2)3/h6-11H,5H2,1-4H3,(H2,15,16,17)/t11-/m1/s1. The number of hydrogen-bond donors (Lipinski definition) is 2. The molecule has 1 aromatic carbocycles. The van der Waals surface area contributed by atoms with E-state index in [-0.39, 0.29) is 12.1 Å². The molecular formula is C14H22N2O. The highest BCUT2D eigenvalue weighted by atomic mass is 16.2. The van der Waals surface area contributed by atoms with Gasteiger partial charge in [0.2, 0.25) is 0 Å². The van der Waals surface area contributed by atoms with E-state index < -0.39 is 0 Å². The second-order valence-electron chi connectivity index (χ2n) is 4.64. The van der Waals surface area contributed by atoms with Gasteiger partial charge in [-0.1, -0.05) is 39.0 Å². The minimum atomic E-state index is -0.132. The first-order chi connectivity index (χ1) is 8.04. The Kier molecular flexibility index (Phi) is 5.01. The Bertz CT molecular complexity index is 374. The van der Waals surface area contributed by atoms with Crippen molar-refractivity contribution in [1.29, 1.82) is 0 Å². The van der Waals surface area contributed by atoms with Gasteiger partial charge in [0, 0.05) is 11.7 Å². The van der Waals surface area contributed by atoms with Crippen LogP contribution in [0.4, 0.5) is 10.5 Å². The molecule has 2 N–H and O–H groups in total. The minimum Gasteiger partial charge on any atom is -0.335 e. The molecule has 0 bridgehead atoms. The summed E-state index contributed by atoms with van der Waals surface area (Å²) < 4.78 is 0. The third-order valence-electron chi connectivity index (χ3n) is 3.01. The molecule has 0 saturated carbocycles. The lowest BCUT2D eigenvalue weighted by atomic mass is 10.1. The lowest BCUT2D eigenvalue weighted by molar-refractivity contribution is 0.246. The SMILES string of the molecule is CCc1ccccc1NC(=O)N[C@H](C)C(C)C. The van der Waals surface area contributed by atoms with E-state index in [9.17, 15) is 4.79 Å². The molecule has 2 amide bonds. The quantitative estimate of drug-likeness (QED) is 0.823. The first-order valence-corrected chi connectivity index (χ1v) is 6.20. The lowest BCUT2D eigenvalue weighted by Crippen LogP contribution is -2.39. The third-order valence-corrected chi connectivity index (χ3v) is 3.01. The molecule has 1 aromatic rings. The van der Waals surface area contributed by atoms with Crippen LogP contribution in [0.2, 0.25) is 0 Å². The molecule has 0 fully saturated rings. The highest BCUT2D eigenvalue weighted by Crippen LogP contribution is 2.15. The van der Waals surface area contributed by atoms with Gasteiger partial charge in [0.15, 0.2) is 0 Å². The third kappa shape index (κ3) is 4.10. The van der Waals surface area contributed by atoms with Gasteiger partial charge >= 0.3 is 6.03 Å². The van der Waals surface area contributed by atoms with Crippen LogP contribution in [0.1, 0.15) is 33.3 Å². The molecule has 0 unspecified atom stereocenters. The number of benzene rings is 1. The van der Waals surface area contributed by atoms with Crippen LogP contribution in [0.5, 0.6) is 0 Å². The van der Waals surface area contributed by atoms with Gasteiger partial charge in [-0.2, -0.15) is 0 Å². The van der Waals surface area contributed by atoms with Crippen LogP contribution < -0.4 is 10.6 Å². The molecule has 0 heterocycles. The number of amides is 2. The number of carbonyl (C=O) groups excluding carboxylic acids is 1. The second kappa shape index (κ2) is 6.28. The van der Waals surface area contributed by atoms with Crippen LogP contribution in [0.15, 0.2) is 24.3 Å². The summed E-state index contributed by atoms with van der Waals surface area (Å²) in [5, 5.41) is 5.83. The Morgan fingerprint density at radius 2 is 1.88 bits per heavy atom. The molecule has 0 saturated heterocycles. The number of nitrogens with one attached hydrogen (secondary N) is 2. The van der Waals surface area contributed by atoms with Gasteiger partial charge < -0.3 is 10.6 Å². The zero-order valence-electron chi connectivity index (χ0n) is 11.1. The number of hydrogen-bond acceptors (Lipinski definition) is 1. The Morgan fingerprint density at radius 1 is 1.24 bits per heavy atom. The van der Waals surface area contributed by atoms with E-state index in [1.807, 2.05) is 31.2 Å². The van der Waals surface area contributed by atoms with Crippen molar-refractivity contribution in [2.75, 3.05) is 5.32 Å². The molecular weight excluding hydrogens is 212 g/mol. The highest BCUT2D eigenvalue weighted by molar-refractivity contribution is 5.90. The maximum absolute atomic E-state index is 11.8. The van der Waals surface area contributed by atoms with Crippen molar-refractivity contribution in [2.24, 2.45) is 5.92 Å². The van der Waals surface area contributed by atoms with Gasteiger partial charge in [-0.25, -0.2) is 4.79 Å². The van der Waals surface area contributed by atoms with Crippen molar-refractivity contribution < 1.29 is 4.79 Å². The van der Waals surface area contributed by atoms with Crippen molar-refractivity contribution >= 4 is 11.7 Å². The molecule has 3 heteroatoms. The Balaban J connectivity index is 2.62. The van der Waals surface area contributed by atoms with Crippen LogP contribution in [-0.4, -0.2) is 12.1 Å². The van der Waals surface area contributed by atoms with Crippen LogP contribution in [-0.2, 0) is 6.42 Å². The van der Waals surface area contributed by atoms with Crippen LogP contribution in [0, 0.1) is 5.92 Å². The van der Waals surface area contributed by atoms with Gasteiger partial charge in [-0.05, 0) is 30.9 Å². The Hall–Kier alpha value is -1.51. The summed E-state index contributed by atoms with van der Waals surface area (Å²) in [5.74, 6) is 0.433. The molecule has 1 rings (SSSR count). The summed E-state index contributed by atoms with van der Waals surface area (Å²) in [6.07, 6.45) is 0.913. The van der Waals surface area contributed by atoms with E-state index in [1.54, 1.807) is 0 Å². The Morgan fingerprint density at radius 3 is 2.47 bits per heavy atom. The molecule has 0 aliphatic rings. The molecule has 0 spiro atoms. The summed E-state index contributed by atoms with van der Waals surface area (Å²) in [4.78, 5) is 11.8. The summed E-state index contributed by atoms with van der Waals surface area (Å²) in [6, 6.07) is 7.91. The molecule has 17 heavy (non-hydrogen) atoms. The van der Waals surface area contributed by atoms with Gasteiger partial charge in [-0.3, -0.25) is 0 Å². The topological polar surface area (TPSA) is 41.1 Å². The molecule has 0 radical (unpaired) electrons. The first-order valence-electron chi connectivity index (χ1n) is 6.20. The van der Waals surface area contributed by atoms with E-state index >= 15 is 0 Å². The van der Waals surface area contributed by atoms with Gasteiger partial charge in [-0.15, -0.1) is 0 Å². The fourth-order valence-corrected chi connectivity index (χ4v) is 1.48. The first kappa shape index (κ1) is 13.6. The smallest absolute Gasteiger partial charge is 0.319 e. The van der Waals surface area contributed by atoms with Gasteiger partial charge in [0.25, 0.3) is 0 Å². The number of para-hydroxylation sites is 1. The fraction of sp³-hybridized carbons (Fsp3) is 0.500. The van der Waals surface area contributed by atoms with Crippen molar-refractivity contribution in [3.63, 3.8) is 0 Å². The van der Waals surface area contributed by atoms with Crippen molar-refractivity contribution in [3.8, 4) is 0 Å². The zero-order valence-corrected chi connectivity index (χ0v) is 11.1. The number of carbonyl (C=O) groups is 1. The van der Waals surface area contributed by atoms with Crippen molar-refractivity contribution in [2.45, 2.75) is 40.2 Å². The number of aryl methyl sites for hydroxylation is 1. The molecule has 0 aliphatic carbocycles. The highest BCUT2D eigenvalue weighted by Gasteiger charge is 2.11. The van der Waals surface area contributed by atoms with E-state index in [4.69, 9.17) is 0 Å². The second-order valence-corrected chi connectivity index (χ2v) is 4.64. The summed E-state index contributed by atoms with van der Waals surface area (Å²) in [6.45, 7) is 8.26. The maximum atomic E-state index is 11.8. The monoisotopic (exact) mass is 234 g/mol. The predicted molar refractivity (Wildman–Crippen MR) is 72.3 cm³/mol. The number of anilines is 1. The van der Waals surface area contributed by atoms with Crippen molar-refractivity contribution in [1.82, 2.24) is 5.32 Å².